The van der Waals surface area contributed by atoms with Gasteiger partial charge in [-0.1, -0.05) is 78.9 Å². The number of benzene rings is 1. The molecule has 9 aromatic rings. The predicted molar refractivity (Wildman–Crippen MR) is 246 cm³/mol. The molecule has 8 heterocycles. The molecule has 14 heteroatoms. The summed E-state index contributed by atoms with van der Waals surface area (Å²) in [6.07, 6.45) is 23.0. The maximum absolute atomic E-state index is 5.66. The quantitative estimate of drug-likeness (QED) is 0.0535. The van der Waals surface area contributed by atoms with Crippen LogP contribution >= 0.6 is 12.0 Å². The Morgan fingerprint density at radius 3 is 1.95 bits per heavy atom. The van der Waals surface area contributed by atoms with Crippen molar-refractivity contribution in [2.75, 3.05) is 0 Å². The molecule has 0 aliphatic carbocycles. The molecule has 0 aliphatic rings. The van der Waals surface area contributed by atoms with Gasteiger partial charge < -0.3 is 28.5 Å². The smallest absolute Gasteiger partial charge is 0.870 e. The van der Waals surface area contributed by atoms with Gasteiger partial charge in [-0.05, 0) is 71.4 Å². The molecule has 0 unspecified atom stereocenters. The van der Waals surface area contributed by atoms with Crippen molar-refractivity contribution >= 4 is 42.3 Å². The van der Waals surface area contributed by atoms with Crippen LogP contribution in [0.1, 0.15) is 56.4 Å². The average molecular weight is 867 g/mol. The third kappa shape index (κ3) is 9.73. The van der Waals surface area contributed by atoms with Crippen LogP contribution in [0.15, 0.2) is 155 Å². The second-order valence-corrected chi connectivity index (χ2v) is 21.6. The van der Waals surface area contributed by atoms with Crippen LogP contribution in [0, 0.1) is 0 Å². The van der Waals surface area contributed by atoms with Gasteiger partial charge in [0.1, 0.15) is 5.65 Å². The molecule has 0 spiro atoms. The second-order valence-electron chi connectivity index (χ2n) is 15.1. The first-order valence-electron chi connectivity index (χ1n) is 19.2. The maximum atomic E-state index is 5.66. The minimum Gasteiger partial charge on any atom is -0.870 e. The number of rotatable bonds is 12. The molecule has 1 aromatic carbocycles. The summed E-state index contributed by atoms with van der Waals surface area (Å²) >= 11 is 1.15. The van der Waals surface area contributed by atoms with Crippen LogP contribution in [0.4, 0.5) is 0 Å². The van der Waals surface area contributed by atoms with Crippen LogP contribution in [0.2, 0.25) is 16.6 Å². The van der Waals surface area contributed by atoms with Gasteiger partial charge in [0, 0.05) is 97.4 Å². The molecule has 314 valence electrons. The third-order valence-electron chi connectivity index (χ3n) is 11.0. The number of furan rings is 2. The van der Waals surface area contributed by atoms with E-state index in [4.69, 9.17) is 23.1 Å². The minimum atomic E-state index is -1.82. The normalized spacial score (nSPS) is 11.2. The van der Waals surface area contributed by atoms with Gasteiger partial charge in [-0.15, -0.1) is 4.73 Å². The predicted octanol–water partition coefficient (Wildman–Crippen LogP) is 10.8. The summed E-state index contributed by atoms with van der Waals surface area (Å²) in [6, 6.07) is 22.3. The molecule has 0 aliphatic heterocycles. The van der Waals surface area contributed by atoms with Crippen LogP contribution in [-0.4, -0.2) is 42.6 Å². The summed E-state index contributed by atoms with van der Waals surface area (Å²) in [6.45, 7) is 14.3. The molecule has 0 radical (unpaired) electrons. The Kier molecular flexibility index (Phi) is 16.9. The molecule has 0 atom stereocenters. The number of pyridine rings is 2. The van der Waals surface area contributed by atoms with Crippen LogP contribution in [0.3, 0.4) is 0 Å². The summed E-state index contributed by atoms with van der Waals surface area (Å²) < 4.78 is 20.1. The van der Waals surface area contributed by atoms with Crippen molar-refractivity contribution in [3.05, 3.63) is 141 Å². The summed E-state index contributed by atoms with van der Waals surface area (Å²) in [7, 11) is -1.82. The van der Waals surface area contributed by atoms with Crippen LogP contribution in [-0.2, 0) is 4.33 Å². The van der Waals surface area contributed by atoms with E-state index in [0.29, 0.717) is 22.3 Å². The molecule has 0 amide bonds. The van der Waals surface area contributed by atoms with E-state index >= 15 is 0 Å². The molecule has 61 heavy (non-hydrogen) atoms. The molecule has 9 rings (SSSR count). The van der Waals surface area contributed by atoms with E-state index in [9.17, 15) is 0 Å². The van der Waals surface area contributed by atoms with Crippen molar-refractivity contribution in [2.24, 2.45) is 0 Å². The van der Waals surface area contributed by atoms with Crippen molar-refractivity contribution in [2.45, 2.75) is 77.9 Å². The fourth-order valence-electron chi connectivity index (χ4n) is 8.53. The second kappa shape index (κ2) is 21.2. The SMILES string of the molecule is C.C.CC(C)[Si](C(C)C)(C(C)C)n1ccc(-c2cnc3c(c2)c(-c2ccoc2)cn3OOSc2ccccc2)c1.[Na+].[OH-].c1cc(-c2cnc3[nH]cc(-c4ccoc4)c3c2)c[nH]1. The van der Waals surface area contributed by atoms with E-state index in [1.165, 1.54) is 5.56 Å². The molecule has 8 aromatic heterocycles. The zero-order valence-corrected chi connectivity index (χ0v) is 38.1. The van der Waals surface area contributed by atoms with Crippen molar-refractivity contribution in [3.8, 4) is 44.5 Å². The topological polar surface area (TPSA) is 142 Å². The van der Waals surface area contributed by atoms with Crippen LogP contribution in [0.5, 0.6) is 0 Å². The van der Waals surface area contributed by atoms with Crippen molar-refractivity contribution in [1.29, 1.82) is 0 Å². The largest absolute Gasteiger partial charge is 1.00 e. The van der Waals surface area contributed by atoms with Gasteiger partial charge in [-0.25, -0.2) is 15.0 Å². The van der Waals surface area contributed by atoms with Crippen molar-refractivity contribution in [1.82, 2.24) is 28.9 Å². The first-order chi connectivity index (χ1) is 27.7. The molecule has 3 N–H and O–H groups in total. The van der Waals surface area contributed by atoms with Gasteiger partial charge in [0.25, 0.3) is 0 Å². The van der Waals surface area contributed by atoms with E-state index in [-0.39, 0.29) is 49.9 Å². The molecule has 0 saturated heterocycles. The van der Waals surface area contributed by atoms with E-state index in [2.05, 4.69) is 91.3 Å². The summed E-state index contributed by atoms with van der Waals surface area (Å²) in [5.74, 6) is 0. The van der Waals surface area contributed by atoms with E-state index in [0.717, 1.165) is 72.3 Å². The zero-order chi connectivity index (χ0) is 39.5. The van der Waals surface area contributed by atoms with Crippen LogP contribution in [0.25, 0.3) is 66.6 Å². The average Bonchev–Trinajstić information content (AvgIpc) is 4.06. The number of nitrogens with zero attached hydrogens (tertiary/aromatic N) is 4. The molecular formula is C47H55N6NaO5SSi. The van der Waals surface area contributed by atoms with Gasteiger partial charge >= 0.3 is 29.6 Å². The van der Waals surface area contributed by atoms with Gasteiger partial charge in [-0.2, -0.15) is 0 Å². The standard InChI is InChI=1S/C30H35N3O3SSi.C15H11N3O.2CH4.Na.H2O/c1-21(2)38(22(3)4,23(5)6)32-14-12-24(18-32)26-16-28-29(25-13-15-34-20-25)19-33(30(28)31-17-26)35-36-37-27-10-8-7-9-11-27;1-3-16-6-10(1)12-5-13-14(11-2-4-19-9-11)8-18-15(13)17-7-12;;;;/h7-23H,1-6H3;1-9,16H,(H,17,18);2*1H4;;1H2/q;;;;+1;/p-1. The van der Waals surface area contributed by atoms with Gasteiger partial charge in [0.2, 0.25) is 0 Å². The summed E-state index contributed by atoms with van der Waals surface area (Å²) in [5, 5.41) is 2.06. The Hall–Kier alpha value is -4.99. The minimum absolute atomic E-state index is 0. The molecular weight excluding hydrogens is 812 g/mol. The summed E-state index contributed by atoms with van der Waals surface area (Å²) in [4.78, 5) is 22.1. The Morgan fingerprint density at radius 1 is 0.689 bits per heavy atom. The number of hydrogen-bond acceptors (Lipinski definition) is 8. The molecule has 0 saturated carbocycles. The van der Waals surface area contributed by atoms with Crippen molar-refractivity contribution < 1.29 is 53.2 Å². The van der Waals surface area contributed by atoms with Gasteiger partial charge in [-0.3, -0.25) is 0 Å². The van der Waals surface area contributed by atoms with E-state index in [1.807, 2.05) is 85.7 Å². The molecule has 11 nitrogen and oxygen atoms in total. The number of nitrogens with one attached hydrogen (secondary N) is 2. The number of hydrogen-bond donors (Lipinski definition) is 2. The van der Waals surface area contributed by atoms with Gasteiger partial charge in [0.15, 0.2) is 13.9 Å². The van der Waals surface area contributed by atoms with Crippen molar-refractivity contribution in [3.63, 3.8) is 0 Å². The summed E-state index contributed by atoms with van der Waals surface area (Å²) in [5.41, 5.74) is 12.0. The van der Waals surface area contributed by atoms with Crippen LogP contribution < -0.4 is 34.5 Å². The third-order valence-corrected chi connectivity index (χ3v) is 18.3. The number of aromatic amines is 2. The first kappa shape index (κ1) is 48.7. The fraction of sp³-hybridized carbons (Fsp3) is 0.234. The Bertz CT molecular complexity index is 2650. The van der Waals surface area contributed by atoms with E-state index < -0.39 is 8.24 Å². The first-order valence-corrected chi connectivity index (χ1v) is 22.1. The number of H-pyrrole nitrogens is 2. The fourth-order valence-corrected chi connectivity index (χ4v) is 15.5. The molecule has 0 fully saturated rings. The maximum Gasteiger partial charge on any atom is 1.00 e. The Labute approximate surface area is 385 Å². The van der Waals surface area contributed by atoms with Gasteiger partial charge in [0.05, 0.1) is 43.3 Å². The Balaban J connectivity index is 0.000000301. The Morgan fingerprint density at radius 2 is 1.33 bits per heavy atom. The van der Waals surface area contributed by atoms with E-state index in [1.54, 1.807) is 29.8 Å². The number of aromatic nitrogens is 6. The zero-order valence-electron chi connectivity index (χ0n) is 34.3. The number of fused-ring (bicyclic) bond motifs is 2. The monoisotopic (exact) mass is 866 g/mol. The molecule has 0 bridgehead atoms.